The quantitative estimate of drug-likeness (QED) is 0.305. The zero-order valence-electron chi connectivity index (χ0n) is 11.4. The highest BCUT2D eigenvalue weighted by molar-refractivity contribution is 5.81. The monoisotopic (exact) mass is 309 g/mol. The summed E-state index contributed by atoms with van der Waals surface area (Å²) in [6.07, 6.45) is 0.382. The van der Waals surface area contributed by atoms with Gasteiger partial charge in [0.1, 0.15) is 30.8 Å². The molecule has 6 N–H and O–H groups in total. The van der Waals surface area contributed by atoms with Crippen LogP contribution in [0.1, 0.15) is 12.6 Å². The Bertz CT molecular complexity index is 690. The summed E-state index contributed by atoms with van der Waals surface area (Å²) < 4.78 is 12.1. The molecule has 3 rings (SSSR count). The van der Waals surface area contributed by atoms with Crippen LogP contribution in [0.25, 0.3) is 11.2 Å². The summed E-state index contributed by atoms with van der Waals surface area (Å²) in [5, 5.41) is 10.0. The van der Waals surface area contributed by atoms with Crippen LogP contribution in [-0.2, 0) is 9.47 Å². The number of aliphatic hydroxyl groups is 1. The fourth-order valence-electron chi connectivity index (χ4n) is 2.32. The minimum atomic E-state index is -0.799. The first-order valence-electron chi connectivity index (χ1n) is 6.50. The van der Waals surface area contributed by atoms with E-state index in [-0.39, 0.29) is 12.4 Å². The molecule has 0 aliphatic carbocycles. The number of hydrazine groups is 1. The van der Waals surface area contributed by atoms with Crippen molar-refractivity contribution in [1.82, 2.24) is 24.9 Å². The van der Waals surface area contributed by atoms with Crippen molar-refractivity contribution in [3.8, 4) is 0 Å². The molecule has 3 heterocycles. The second-order valence-corrected chi connectivity index (χ2v) is 4.76. The molecule has 3 atom stereocenters. The largest absolute Gasteiger partial charge is 0.446 e. The predicted octanol–water partition coefficient (Wildman–Crippen LogP) is -1.34. The number of aliphatic hydroxyl groups excluding tert-OH is 1. The average Bonchev–Trinajstić information content (AvgIpc) is 3.09. The van der Waals surface area contributed by atoms with E-state index in [1.54, 1.807) is 4.57 Å². The normalized spacial score (nSPS) is 24.5. The van der Waals surface area contributed by atoms with Gasteiger partial charge in [-0.15, -0.1) is 0 Å². The fraction of sp³-hybridized carbons (Fsp3) is 0.455. The second kappa shape index (κ2) is 5.71. The first-order chi connectivity index (χ1) is 10.6. The number of fused-ring (bicyclic) bond motifs is 1. The van der Waals surface area contributed by atoms with E-state index in [0.29, 0.717) is 17.6 Å². The van der Waals surface area contributed by atoms with Crippen LogP contribution in [0.5, 0.6) is 0 Å². The number of amides is 1. The third-order valence-electron chi connectivity index (χ3n) is 3.40. The molecule has 2 aromatic heterocycles. The summed E-state index contributed by atoms with van der Waals surface area (Å²) in [5.41, 5.74) is 8.52. The molecule has 2 aromatic rings. The molecule has 118 valence electrons. The molecular formula is C11H15N7O4. The van der Waals surface area contributed by atoms with E-state index in [2.05, 4.69) is 15.0 Å². The Labute approximate surface area is 124 Å². The number of imidazole rings is 1. The summed E-state index contributed by atoms with van der Waals surface area (Å²) >= 11 is 0. The first-order valence-corrected chi connectivity index (χ1v) is 6.50. The van der Waals surface area contributed by atoms with Crippen LogP contribution in [0.15, 0.2) is 12.7 Å². The minimum absolute atomic E-state index is 0.121. The van der Waals surface area contributed by atoms with E-state index in [1.807, 2.05) is 5.43 Å². The number of carbonyl (C=O) groups excluding carboxylic acids is 1. The van der Waals surface area contributed by atoms with Gasteiger partial charge < -0.3 is 20.3 Å². The molecule has 1 aliphatic heterocycles. The van der Waals surface area contributed by atoms with Gasteiger partial charge in [0.05, 0.1) is 12.4 Å². The van der Waals surface area contributed by atoms with Crippen molar-refractivity contribution >= 4 is 23.1 Å². The number of nitrogens with zero attached hydrogens (tertiary/aromatic N) is 4. The van der Waals surface area contributed by atoms with Crippen LogP contribution in [0.2, 0.25) is 0 Å². The Morgan fingerprint density at radius 1 is 1.55 bits per heavy atom. The van der Waals surface area contributed by atoms with Crippen molar-refractivity contribution in [2.45, 2.75) is 24.9 Å². The third kappa shape index (κ3) is 2.52. The number of rotatable bonds is 3. The summed E-state index contributed by atoms with van der Waals surface area (Å²) in [6, 6.07) is 0. The molecule has 1 saturated heterocycles. The molecule has 1 aliphatic rings. The first kappa shape index (κ1) is 14.4. The Balaban J connectivity index is 1.76. The van der Waals surface area contributed by atoms with Gasteiger partial charge in [0.25, 0.3) is 0 Å². The van der Waals surface area contributed by atoms with Crippen LogP contribution in [0.4, 0.5) is 10.6 Å². The smallest absolute Gasteiger partial charge is 0.421 e. The standard InChI is InChI=1S/C11H15N7O4/c12-9-8-10(15-3-14-9)18(4-16-8)7-1-5(19)6(22-7)2-21-11(20)17-13/h3-7,19H,1-2,13H2,(H,17,20)(H2,12,14,15)/t5-,6+,7+/m0/s1. The van der Waals surface area contributed by atoms with Gasteiger partial charge in [0.2, 0.25) is 0 Å². The van der Waals surface area contributed by atoms with Crippen LogP contribution in [0, 0.1) is 0 Å². The lowest BCUT2D eigenvalue weighted by Gasteiger charge is -2.15. The highest BCUT2D eigenvalue weighted by Crippen LogP contribution is 2.31. The van der Waals surface area contributed by atoms with E-state index in [1.165, 1.54) is 12.7 Å². The molecule has 1 fully saturated rings. The Kier molecular flexibility index (Phi) is 3.75. The molecule has 0 aromatic carbocycles. The van der Waals surface area contributed by atoms with Crippen molar-refractivity contribution in [2.24, 2.45) is 5.84 Å². The van der Waals surface area contributed by atoms with Crippen LogP contribution < -0.4 is 17.0 Å². The van der Waals surface area contributed by atoms with Gasteiger partial charge in [0, 0.05) is 6.42 Å². The molecule has 0 radical (unpaired) electrons. The van der Waals surface area contributed by atoms with Gasteiger partial charge in [-0.2, -0.15) is 0 Å². The van der Waals surface area contributed by atoms with Crippen molar-refractivity contribution in [2.75, 3.05) is 12.3 Å². The highest BCUT2D eigenvalue weighted by Gasteiger charge is 2.36. The number of nitrogens with one attached hydrogen (secondary N) is 1. The maximum absolute atomic E-state index is 11.0. The number of ether oxygens (including phenoxy) is 2. The second-order valence-electron chi connectivity index (χ2n) is 4.76. The van der Waals surface area contributed by atoms with Gasteiger partial charge in [-0.25, -0.2) is 25.6 Å². The summed E-state index contributed by atoms with van der Waals surface area (Å²) in [5.74, 6) is 5.17. The fourth-order valence-corrected chi connectivity index (χ4v) is 2.32. The number of anilines is 1. The molecule has 11 nitrogen and oxygen atoms in total. The van der Waals surface area contributed by atoms with Crippen molar-refractivity contribution in [3.63, 3.8) is 0 Å². The predicted molar refractivity (Wildman–Crippen MR) is 72.9 cm³/mol. The number of hydrogen-bond acceptors (Lipinski definition) is 9. The summed E-state index contributed by atoms with van der Waals surface area (Å²) in [7, 11) is 0. The Morgan fingerprint density at radius 3 is 3.14 bits per heavy atom. The third-order valence-corrected chi connectivity index (χ3v) is 3.40. The maximum Gasteiger partial charge on any atom is 0.421 e. The zero-order valence-corrected chi connectivity index (χ0v) is 11.4. The number of hydrogen-bond donors (Lipinski definition) is 4. The lowest BCUT2D eigenvalue weighted by molar-refractivity contribution is -0.0464. The van der Waals surface area contributed by atoms with Gasteiger partial charge in [-0.05, 0) is 0 Å². The van der Waals surface area contributed by atoms with E-state index < -0.39 is 24.5 Å². The Morgan fingerprint density at radius 2 is 2.36 bits per heavy atom. The van der Waals surface area contributed by atoms with Crippen LogP contribution in [-0.4, -0.2) is 49.5 Å². The van der Waals surface area contributed by atoms with Crippen molar-refractivity contribution in [3.05, 3.63) is 12.7 Å². The van der Waals surface area contributed by atoms with Gasteiger partial charge in [-0.1, -0.05) is 0 Å². The number of nitrogen functional groups attached to an aromatic ring is 1. The number of nitrogens with two attached hydrogens (primary N) is 2. The van der Waals surface area contributed by atoms with Crippen molar-refractivity contribution in [1.29, 1.82) is 0 Å². The zero-order chi connectivity index (χ0) is 15.7. The number of aromatic nitrogens is 4. The molecular weight excluding hydrogens is 294 g/mol. The SMILES string of the molecule is NNC(=O)OC[C@H]1O[C@@H](n2cnc3c(N)ncnc32)C[C@@H]1O. The van der Waals surface area contributed by atoms with Gasteiger partial charge in [-0.3, -0.25) is 9.99 Å². The van der Waals surface area contributed by atoms with Crippen LogP contribution in [0.3, 0.4) is 0 Å². The molecule has 0 bridgehead atoms. The van der Waals surface area contributed by atoms with Crippen molar-refractivity contribution < 1.29 is 19.4 Å². The van der Waals surface area contributed by atoms with Crippen LogP contribution >= 0.6 is 0 Å². The molecule has 1 amide bonds. The Hall–Kier alpha value is -2.50. The average molecular weight is 309 g/mol. The lowest BCUT2D eigenvalue weighted by Crippen LogP contribution is -2.35. The van der Waals surface area contributed by atoms with Gasteiger partial charge >= 0.3 is 6.09 Å². The highest BCUT2D eigenvalue weighted by atomic mass is 16.6. The van der Waals surface area contributed by atoms with E-state index >= 15 is 0 Å². The minimum Gasteiger partial charge on any atom is -0.446 e. The molecule has 11 heteroatoms. The lowest BCUT2D eigenvalue weighted by atomic mass is 10.2. The maximum atomic E-state index is 11.0. The molecule has 0 unspecified atom stereocenters. The topological polar surface area (TPSA) is 163 Å². The molecule has 0 spiro atoms. The van der Waals surface area contributed by atoms with E-state index in [4.69, 9.17) is 21.1 Å². The summed E-state index contributed by atoms with van der Waals surface area (Å²) in [6.45, 7) is -0.121. The molecule has 22 heavy (non-hydrogen) atoms. The van der Waals surface area contributed by atoms with E-state index in [9.17, 15) is 9.90 Å². The van der Waals surface area contributed by atoms with Gasteiger partial charge in [0.15, 0.2) is 11.5 Å². The van der Waals surface area contributed by atoms with E-state index in [0.717, 1.165) is 0 Å². The number of carbonyl (C=O) groups is 1. The molecule has 0 saturated carbocycles. The summed E-state index contributed by atoms with van der Waals surface area (Å²) in [4.78, 5) is 23.1.